The van der Waals surface area contributed by atoms with E-state index in [4.69, 9.17) is 15.7 Å². The number of nitrogens with zero attached hydrogens (tertiary/aromatic N) is 2. The van der Waals surface area contributed by atoms with Gasteiger partial charge in [0, 0.05) is 12.3 Å². The molecule has 84 valence electrons. The highest BCUT2D eigenvalue weighted by Gasteiger charge is 2.06. The highest BCUT2D eigenvalue weighted by atomic mass is 19.1. The number of anilines is 1. The van der Waals surface area contributed by atoms with Crippen molar-refractivity contribution in [3.63, 3.8) is 0 Å². The van der Waals surface area contributed by atoms with Crippen molar-refractivity contribution in [2.45, 2.75) is 0 Å². The summed E-state index contributed by atoms with van der Waals surface area (Å²) in [5.74, 6) is -0.192. The number of hydrogen-bond acceptors (Lipinski definition) is 4. The van der Waals surface area contributed by atoms with Crippen LogP contribution in [-0.2, 0) is 0 Å². The van der Waals surface area contributed by atoms with Gasteiger partial charge >= 0.3 is 0 Å². The normalized spacial score (nSPS) is 9.65. The van der Waals surface area contributed by atoms with Gasteiger partial charge in [-0.25, -0.2) is 9.37 Å². The maximum absolute atomic E-state index is 13.3. The molecule has 0 spiro atoms. The van der Waals surface area contributed by atoms with E-state index in [1.165, 1.54) is 18.3 Å². The zero-order valence-corrected chi connectivity index (χ0v) is 8.72. The van der Waals surface area contributed by atoms with Gasteiger partial charge in [0.2, 0.25) is 5.88 Å². The Labute approximate surface area is 97.1 Å². The Hall–Kier alpha value is -2.61. The molecule has 0 aliphatic carbocycles. The van der Waals surface area contributed by atoms with Crippen LogP contribution in [0, 0.1) is 17.1 Å². The largest absolute Gasteiger partial charge is 0.437 e. The summed E-state index contributed by atoms with van der Waals surface area (Å²) >= 11 is 0. The topological polar surface area (TPSA) is 71.9 Å². The molecule has 5 heteroatoms. The van der Waals surface area contributed by atoms with Gasteiger partial charge in [-0.2, -0.15) is 5.26 Å². The molecular formula is C12H8FN3O. The average Bonchev–Trinajstić information content (AvgIpc) is 2.32. The van der Waals surface area contributed by atoms with Crippen LogP contribution in [0.1, 0.15) is 5.56 Å². The summed E-state index contributed by atoms with van der Waals surface area (Å²) in [6.07, 6.45) is 1.52. The van der Waals surface area contributed by atoms with Crippen LogP contribution in [0.4, 0.5) is 10.1 Å². The number of hydrogen-bond donors (Lipinski definition) is 1. The fourth-order valence-corrected chi connectivity index (χ4v) is 1.25. The maximum atomic E-state index is 13.3. The van der Waals surface area contributed by atoms with Gasteiger partial charge in [-0.15, -0.1) is 0 Å². The molecule has 0 amide bonds. The number of pyridine rings is 1. The third-order valence-electron chi connectivity index (χ3n) is 2.08. The van der Waals surface area contributed by atoms with Crippen LogP contribution >= 0.6 is 0 Å². The highest BCUT2D eigenvalue weighted by molar-refractivity contribution is 5.49. The third kappa shape index (κ3) is 2.32. The number of nitrogens with two attached hydrogens (primary N) is 1. The third-order valence-corrected chi connectivity index (χ3v) is 2.08. The molecule has 4 nitrogen and oxygen atoms in total. The summed E-state index contributed by atoms with van der Waals surface area (Å²) in [5.41, 5.74) is 5.95. The van der Waals surface area contributed by atoms with Crippen LogP contribution in [0.25, 0.3) is 0 Å². The van der Waals surface area contributed by atoms with Gasteiger partial charge in [-0.3, -0.25) is 0 Å². The van der Waals surface area contributed by atoms with Crippen molar-refractivity contribution in [3.8, 4) is 17.7 Å². The monoisotopic (exact) mass is 229 g/mol. The first-order valence-corrected chi connectivity index (χ1v) is 4.78. The first kappa shape index (κ1) is 10.9. The minimum absolute atomic E-state index is 0.0358. The van der Waals surface area contributed by atoms with Crippen molar-refractivity contribution in [2.75, 3.05) is 5.73 Å². The smallest absolute Gasteiger partial charge is 0.242 e. The van der Waals surface area contributed by atoms with E-state index in [1.54, 1.807) is 18.2 Å². The van der Waals surface area contributed by atoms with Crippen LogP contribution in [0.5, 0.6) is 11.6 Å². The molecule has 0 saturated carbocycles. The Bertz CT molecular complexity index is 593. The van der Waals surface area contributed by atoms with Crippen molar-refractivity contribution in [2.24, 2.45) is 0 Å². The Morgan fingerprint density at radius 2 is 2.18 bits per heavy atom. The van der Waals surface area contributed by atoms with Crippen LogP contribution in [-0.4, -0.2) is 4.98 Å². The molecule has 1 aromatic carbocycles. The lowest BCUT2D eigenvalue weighted by molar-refractivity contribution is 0.460. The summed E-state index contributed by atoms with van der Waals surface area (Å²) in [5, 5.41) is 8.58. The van der Waals surface area contributed by atoms with Gasteiger partial charge in [-0.1, -0.05) is 0 Å². The fourth-order valence-electron chi connectivity index (χ4n) is 1.25. The van der Waals surface area contributed by atoms with E-state index in [-0.39, 0.29) is 17.2 Å². The number of halogens is 1. The van der Waals surface area contributed by atoms with Crippen molar-refractivity contribution in [1.82, 2.24) is 4.98 Å². The Kier molecular flexibility index (Phi) is 2.88. The lowest BCUT2D eigenvalue weighted by atomic mass is 10.2. The first-order chi connectivity index (χ1) is 8.20. The second-order valence-corrected chi connectivity index (χ2v) is 3.25. The van der Waals surface area contributed by atoms with Crippen molar-refractivity contribution >= 4 is 5.69 Å². The van der Waals surface area contributed by atoms with Crippen LogP contribution < -0.4 is 10.5 Å². The van der Waals surface area contributed by atoms with Crippen molar-refractivity contribution < 1.29 is 9.13 Å². The molecule has 2 rings (SSSR count). The quantitative estimate of drug-likeness (QED) is 0.858. The molecule has 2 aromatic rings. The van der Waals surface area contributed by atoms with E-state index in [9.17, 15) is 4.39 Å². The number of nitriles is 1. The Balaban J connectivity index is 2.29. The molecule has 2 N–H and O–H groups in total. The van der Waals surface area contributed by atoms with Gasteiger partial charge in [0.25, 0.3) is 0 Å². The molecule has 0 radical (unpaired) electrons. The minimum Gasteiger partial charge on any atom is -0.437 e. The lowest BCUT2D eigenvalue weighted by Gasteiger charge is -2.06. The summed E-state index contributed by atoms with van der Waals surface area (Å²) in [6, 6.07) is 8.96. The molecule has 0 aliphatic heterocycles. The second kappa shape index (κ2) is 4.49. The summed E-state index contributed by atoms with van der Waals surface area (Å²) < 4.78 is 18.6. The molecule has 0 saturated heterocycles. The van der Waals surface area contributed by atoms with Crippen molar-refractivity contribution in [1.29, 1.82) is 5.26 Å². The van der Waals surface area contributed by atoms with Gasteiger partial charge in [-0.05, 0) is 24.3 Å². The van der Waals surface area contributed by atoms with Crippen LogP contribution in [0.3, 0.4) is 0 Å². The second-order valence-electron chi connectivity index (χ2n) is 3.25. The van der Waals surface area contributed by atoms with Gasteiger partial charge in [0.1, 0.15) is 17.6 Å². The van der Waals surface area contributed by atoms with E-state index < -0.39 is 5.82 Å². The van der Waals surface area contributed by atoms with Crippen LogP contribution in [0.15, 0.2) is 36.5 Å². The van der Waals surface area contributed by atoms with E-state index in [1.807, 2.05) is 0 Å². The Morgan fingerprint density at radius 1 is 1.35 bits per heavy atom. The van der Waals surface area contributed by atoms with E-state index in [0.717, 1.165) is 6.07 Å². The predicted molar refractivity (Wildman–Crippen MR) is 59.8 cm³/mol. The summed E-state index contributed by atoms with van der Waals surface area (Å²) in [6.45, 7) is 0. The number of aromatic nitrogens is 1. The zero-order valence-electron chi connectivity index (χ0n) is 8.72. The molecule has 0 atom stereocenters. The summed E-state index contributed by atoms with van der Waals surface area (Å²) in [7, 11) is 0. The SMILES string of the molecule is N#Cc1ccc(Oc2ncccc2N)cc1F. The molecule has 1 heterocycles. The molecule has 0 fully saturated rings. The van der Waals surface area contributed by atoms with Gasteiger partial charge in [0.05, 0.1) is 11.3 Å². The predicted octanol–water partition coefficient (Wildman–Crippen LogP) is 2.47. The molecule has 0 unspecified atom stereocenters. The van der Waals surface area contributed by atoms with E-state index in [0.29, 0.717) is 5.69 Å². The fraction of sp³-hybridized carbons (Fsp3) is 0. The van der Waals surface area contributed by atoms with Crippen molar-refractivity contribution in [3.05, 3.63) is 47.9 Å². The first-order valence-electron chi connectivity index (χ1n) is 4.78. The van der Waals surface area contributed by atoms with Gasteiger partial charge in [0.15, 0.2) is 0 Å². The number of nitrogen functional groups attached to an aromatic ring is 1. The van der Waals surface area contributed by atoms with E-state index >= 15 is 0 Å². The Morgan fingerprint density at radius 3 is 2.82 bits per heavy atom. The molecule has 0 bridgehead atoms. The minimum atomic E-state index is -0.639. The standard InChI is InChI=1S/C12H8FN3O/c13-10-6-9(4-3-8(10)7-14)17-12-11(15)2-1-5-16-12/h1-6H,15H2. The number of ether oxygens (including phenoxy) is 1. The van der Waals surface area contributed by atoms with Crippen LogP contribution in [0.2, 0.25) is 0 Å². The average molecular weight is 229 g/mol. The molecule has 1 aromatic heterocycles. The van der Waals surface area contributed by atoms with E-state index in [2.05, 4.69) is 4.98 Å². The zero-order chi connectivity index (χ0) is 12.3. The molecule has 17 heavy (non-hydrogen) atoms. The summed E-state index contributed by atoms with van der Waals surface area (Å²) in [4.78, 5) is 3.91. The molecular weight excluding hydrogens is 221 g/mol. The van der Waals surface area contributed by atoms with Gasteiger partial charge < -0.3 is 10.5 Å². The highest BCUT2D eigenvalue weighted by Crippen LogP contribution is 2.25. The maximum Gasteiger partial charge on any atom is 0.242 e. The lowest BCUT2D eigenvalue weighted by Crippen LogP contribution is -1.95. The number of benzene rings is 1. The number of rotatable bonds is 2. The molecule has 0 aliphatic rings.